The largest absolute Gasteiger partial charge is 0.486 e. The number of rotatable bonds is 5. The van der Waals surface area contributed by atoms with Crippen molar-refractivity contribution in [1.29, 1.82) is 0 Å². The zero-order chi connectivity index (χ0) is 22.8. The van der Waals surface area contributed by atoms with Crippen LogP contribution in [0.15, 0.2) is 42.5 Å². The molecule has 7 nitrogen and oxygen atoms in total. The molecule has 3 aliphatic rings. The van der Waals surface area contributed by atoms with E-state index in [1.54, 1.807) is 4.90 Å². The van der Waals surface area contributed by atoms with Crippen LogP contribution in [0.25, 0.3) is 0 Å². The number of likely N-dealkylation sites (tertiary alicyclic amines) is 1. The highest BCUT2D eigenvalue weighted by Gasteiger charge is 2.35. The van der Waals surface area contributed by atoms with Crippen LogP contribution in [0.3, 0.4) is 0 Å². The molecular weight excluding hydrogens is 418 g/mol. The Morgan fingerprint density at radius 2 is 1.85 bits per heavy atom. The molecule has 5 rings (SSSR count). The van der Waals surface area contributed by atoms with Crippen molar-refractivity contribution in [2.45, 2.75) is 32.7 Å². The number of hydrogen-bond donors (Lipinski definition) is 1. The predicted molar refractivity (Wildman–Crippen MR) is 127 cm³/mol. The third-order valence-corrected chi connectivity index (χ3v) is 6.70. The first kappa shape index (κ1) is 21.8. The quantitative estimate of drug-likeness (QED) is 0.754. The lowest BCUT2D eigenvalue weighted by Gasteiger charge is -2.30. The van der Waals surface area contributed by atoms with E-state index in [2.05, 4.69) is 29.3 Å². The molecule has 3 heterocycles. The number of carbonyl (C=O) groups is 2. The van der Waals surface area contributed by atoms with Crippen molar-refractivity contribution in [2.24, 2.45) is 11.8 Å². The number of carbonyl (C=O) groups excluding carboxylic acids is 2. The van der Waals surface area contributed by atoms with Crippen LogP contribution in [0.2, 0.25) is 0 Å². The Morgan fingerprint density at radius 1 is 1.06 bits per heavy atom. The van der Waals surface area contributed by atoms with Crippen molar-refractivity contribution in [2.75, 3.05) is 43.1 Å². The molecule has 2 unspecified atom stereocenters. The van der Waals surface area contributed by atoms with Crippen LogP contribution in [-0.2, 0) is 16.1 Å². The van der Waals surface area contributed by atoms with Crippen molar-refractivity contribution in [3.05, 3.63) is 48.0 Å². The summed E-state index contributed by atoms with van der Waals surface area (Å²) in [5.74, 6) is 1.51. The zero-order valence-corrected chi connectivity index (χ0v) is 19.1. The summed E-state index contributed by atoms with van der Waals surface area (Å²) in [6.45, 7) is 6.93. The number of nitrogens with one attached hydrogen (secondary N) is 1. The lowest BCUT2D eigenvalue weighted by Crippen LogP contribution is -2.33. The number of amides is 2. The van der Waals surface area contributed by atoms with E-state index in [1.165, 1.54) is 18.4 Å². The molecule has 2 atom stereocenters. The molecule has 33 heavy (non-hydrogen) atoms. The van der Waals surface area contributed by atoms with Gasteiger partial charge in [0.15, 0.2) is 11.5 Å². The van der Waals surface area contributed by atoms with Gasteiger partial charge in [-0.3, -0.25) is 14.5 Å². The van der Waals surface area contributed by atoms with Gasteiger partial charge in [0.05, 0.1) is 5.92 Å². The fourth-order valence-corrected chi connectivity index (χ4v) is 4.96. The van der Waals surface area contributed by atoms with Gasteiger partial charge in [0.1, 0.15) is 13.2 Å². The van der Waals surface area contributed by atoms with Crippen LogP contribution in [0.5, 0.6) is 11.5 Å². The van der Waals surface area contributed by atoms with Crippen LogP contribution in [0.1, 0.15) is 31.7 Å². The molecule has 3 aliphatic heterocycles. The standard InChI is InChI=1S/C26H31N3O4/c1-18-3-2-10-28(15-18)16-19-4-6-21(7-5-19)27-26(31)20-13-25(30)29(17-20)22-8-9-23-24(14-22)33-12-11-32-23/h4-9,14,18,20H,2-3,10-13,15-17H2,1H3,(H,27,31). The first-order valence-electron chi connectivity index (χ1n) is 11.9. The van der Waals surface area contributed by atoms with Crippen LogP contribution >= 0.6 is 0 Å². The maximum absolute atomic E-state index is 12.9. The fraction of sp³-hybridized carbons (Fsp3) is 0.462. The van der Waals surface area contributed by atoms with Crippen LogP contribution < -0.4 is 19.7 Å². The molecule has 2 aromatic carbocycles. The van der Waals surface area contributed by atoms with Crippen LogP contribution in [0.4, 0.5) is 11.4 Å². The third-order valence-electron chi connectivity index (χ3n) is 6.70. The summed E-state index contributed by atoms with van der Waals surface area (Å²) >= 11 is 0. The van der Waals surface area contributed by atoms with E-state index in [4.69, 9.17) is 9.47 Å². The number of fused-ring (bicyclic) bond motifs is 1. The normalized spacial score (nSPS) is 22.9. The summed E-state index contributed by atoms with van der Waals surface area (Å²) in [4.78, 5) is 29.7. The molecule has 2 saturated heterocycles. The number of anilines is 2. The average Bonchev–Trinajstić information content (AvgIpc) is 3.22. The van der Waals surface area contributed by atoms with Crippen molar-refractivity contribution >= 4 is 23.2 Å². The molecule has 0 saturated carbocycles. The van der Waals surface area contributed by atoms with E-state index >= 15 is 0 Å². The lowest BCUT2D eigenvalue weighted by atomic mass is 10.00. The SMILES string of the molecule is CC1CCCN(Cc2ccc(NC(=O)C3CC(=O)N(c4ccc5c(c4)OCCO5)C3)cc2)C1. The van der Waals surface area contributed by atoms with Crippen LogP contribution in [0, 0.1) is 11.8 Å². The van der Waals surface area contributed by atoms with Gasteiger partial charge in [0.25, 0.3) is 0 Å². The number of hydrogen-bond acceptors (Lipinski definition) is 5. The lowest BCUT2D eigenvalue weighted by molar-refractivity contribution is -0.122. The summed E-state index contributed by atoms with van der Waals surface area (Å²) in [5.41, 5.74) is 2.75. The Hall–Kier alpha value is -3.06. The van der Waals surface area contributed by atoms with Gasteiger partial charge in [-0.2, -0.15) is 0 Å². The molecule has 2 fully saturated rings. The molecule has 174 valence electrons. The molecule has 1 N–H and O–H groups in total. The summed E-state index contributed by atoms with van der Waals surface area (Å²) in [6.07, 6.45) is 2.78. The Kier molecular flexibility index (Phi) is 6.22. The average molecular weight is 450 g/mol. The van der Waals surface area contributed by atoms with E-state index in [1.807, 2.05) is 30.3 Å². The fourth-order valence-electron chi connectivity index (χ4n) is 4.96. The molecule has 0 spiro atoms. The minimum Gasteiger partial charge on any atom is -0.486 e. The Bertz CT molecular complexity index is 1020. The zero-order valence-electron chi connectivity index (χ0n) is 19.1. The van der Waals surface area contributed by atoms with Gasteiger partial charge in [-0.15, -0.1) is 0 Å². The second-order valence-electron chi connectivity index (χ2n) is 9.40. The van der Waals surface area contributed by atoms with Crippen molar-refractivity contribution in [1.82, 2.24) is 4.90 Å². The second-order valence-corrected chi connectivity index (χ2v) is 9.40. The smallest absolute Gasteiger partial charge is 0.229 e. The minimum absolute atomic E-state index is 0.0575. The van der Waals surface area contributed by atoms with Crippen LogP contribution in [-0.4, -0.2) is 49.6 Å². The highest BCUT2D eigenvalue weighted by atomic mass is 16.6. The second kappa shape index (κ2) is 9.43. The van der Waals surface area contributed by atoms with Gasteiger partial charge < -0.3 is 19.7 Å². The van der Waals surface area contributed by atoms with Gasteiger partial charge in [-0.25, -0.2) is 0 Å². The van der Waals surface area contributed by atoms with Crippen molar-refractivity contribution < 1.29 is 19.1 Å². The number of piperidine rings is 1. The Labute approximate surface area is 194 Å². The molecule has 0 aromatic heterocycles. The first-order valence-corrected chi connectivity index (χ1v) is 11.9. The molecule has 0 aliphatic carbocycles. The monoisotopic (exact) mass is 449 g/mol. The van der Waals surface area contributed by atoms with Gasteiger partial charge in [0, 0.05) is 43.5 Å². The number of nitrogens with zero attached hydrogens (tertiary/aromatic N) is 2. The highest BCUT2D eigenvalue weighted by Crippen LogP contribution is 2.36. The van der Waals surface area contributed by atoms with Gasteiger partial charge in [-0.1, -0.05) is 19.1 Å². The van der Waals surface area contributed by atoms with Gasteiger partial charge >= 0.3 is 0 Å². The number of benzene rings is 2. The van der Waals surface area contributed by atoms with E-state index < -0.39 is 0 Å². The first-order chi connectivity index (χ1) is 16.0. The minimum atomic E-state index is -0.389. The van der Waals surface area contributed by atoms with E-state index in [-0.39, 0.29) is 24.2 Å². The van der Waals surface area contributed by atoms with E-state index in [9.17, 15) is 9.59 Å². The van der Waals surface area contributed by atoms with Gasteiger partial charge in [-0.05, 0) is 55.1 Å². The third kappa shape index (κ3) is 4.98. The van der Waals surface area contributed by atoms with E-state index in [0.717, 1.165) is 36.9 Å². The summed E-state index contributed by atoms with van der Waals surface area (Å²) in [5, 5.41) is 2.99. The summed E-state index contributed by atoms with van der Waals surface area (Å²) in [7, 11) is 0. The predicted octanol–water partition coefficient (Wildman–Crippen LogP) is 3.68. The summed E-state index contributed by atoms with van der Waals surface area (Å²) < 4.78 is 11.2. The summed E-state index contributed by atoms with van der Waals surface area (Å²) in [6, 6.07) is 13.5. The maximum atomic E-state index is 12.9. The number of ether oxygens (including phenoxy) is 2. The molecule has 0 bridgehead atoms. The Morgan fingerprint density at radius 3 is 2.64 bits per heavy atom. The topological polar surface area (TPSA) is 71.1 Å². The molecule has 0 radical (unpaired) electrons. The molecule has 2 amide bonds. The van der Waals surface area contributed by atoms with Crippen molar-refractivity contribution in [3.8, 4) is 11.5 Å². The molecule has 2 aromatic rings. The highest BCUT2D eigenvalue weighted by molar-refractivity contribution is 6.03. The Balaban J connectivity index is 1.18. The maximum Gasteiger partial charge on any atom is 0.229 e. The van der Waals surface area contributed by atoms with Gasteiger partial charge in [0.2, 0.25) is 11.8 Å². The molecular formula is C26H31N3O4. The van der Waals surface area contributed by atoms with Crippen molar-refractivity contribution in [3.63, 3.8) is 0 Å². The van der Waals surface area contributed by atoms with E-state index in [0.29, 0.717) is 31.3 Å². The molecule has 7 heteroatoms.